The van der Waals surface area contributed by atoms with Crippen molar-refractivity contribution in [3.05, 3.63) is 107 Å². The molecule has 0 fully saturated rings. The van der Waals surface area contributed by atoms with Gasteiger partial charge in [0.1, 0.15) is 24.2 Å². The molecule has 4 aromatic rings. The number of nitro groups is 1. The number of fused-ring (bicyclic) bond motifs is 1. The van der Waals surface area contributed by atoms with Crippen molar-refractivity contribution in [1.82, 2.24) is 4.57 Å². The van der Waals surface area contributed by atoms with Crippen LogP contribution in [0.4, 0.5) is 5.69 Å². The lowest BCUT2D eigenvalue weighted by Gasteiger charge is -2.27. The number of nitrogens with zero attached hydrogens (tertiary/aromatic N) is 3. The average Bonchev–Trinajstić information content (AvgIpc) is 3.61. The molecular weight excluding hydrogens is 590 g/mol. The van der Waals surface area contributed by atoms with E-state index in [9.17, 15) is 19.7 Å². The van der Waals surface area contributed by atoms with Crippen molar-refractivity contribution in [2.24, 2.45) is 4.99 Å². The molecule has 228 valence electrons. The second kappa shape index (κ2) is 13.1. The van der Waals surface area contributed by atoms with E-state index < -0.39 is 22.5 Å². The number of carbonyl (C=O) groups is 1. The van der Waals surface area contributed by atoms with E-state index in [1.165, 1.54) is 30.9 Å². The zero-order valence-electron chi connectivity index (χ0n) is 24.4. The summed E-state index contributed by atoms with van der Waals surface area (Å²) in [5.41, 5.74) is 1.33. The summed E-state index contributed by atoms with van der Waals surface area (Å²) in [5.74, 6) is 1.08. The summed E-state index contributed by atoms with van der Waals surface area (Å²) in [6.07, 6.45) is 1.60. The molecule has 0 saturated heterocycles. The Balaban J connectivity index is 1.63. The molecule has 1 aliphatic heterocycles. The first-order chi connectivity index (χ1) is 21.3. The van der Waals surface area contributed by atoms with Gasteiger partial charge in [-0.3, -0.25) is 19.5 Å². The topological polar surface area (TPSA) is 145 Å². The van der Waals surface area contributed by atoms with E-state index in [2.05, 4.69) is 4.99 Å². The van der Waals surface area contributed by atoms with Crippen molar-refractivity contribution in [3.63, 3.8) is 0 Å². The summed E-state index contributed by atoms with van der Waals surface area (Å²) < 4.78 is 29.8. The Labute approximate surface area is 255 Å². The summed E-state index contributed by atoms with van der Waals surface area (Å²) in [6.45, 7) is 4.07. The van der Waals surface area contributed by atoms with Gasteiger partial charge in [0.2, 0.25) is 0 Å². The van der Waals surface area contributed by atoms with Crippen LogP contribution in [0.25, 0.3) is 17.4 Å². The molecular formula is C31H29N3O9S. The molecule has 0 amide bonds. The number of ether oxygens (including phenoxy) is 4. The lowest BCUT2D eigenvalue weighted by molar-refractivity contribution is -0.384. The summed E-state index contributed by atoms with van der Waals surface area (Å²) in [5, 5.41) is 11.0. The molecule has 0 bridgehead atoms. The fraction of sp³-hybridized carbons (Fsp3) is 0.258. The zero-order chi connectivity index (χ0) is 31.4. The maximum atomic E-state index is 14.0. The molecule has 5 rings (SSSR count). The number of hydrogen-bond acceptors (Lipinski definition) is 11. The van der Waals surface area contributed by atoms with Crippen LogP contribution in [0.3, 0.4) is 0 Å². The molecule has 0 spiro atoms. The minimum atomic E-state index is -0.924. The quantitative estimate of drug-likeness (QED) is 0.105. The van der Waals surface area contributed by atoms with Gasteiger partial charge in [-0.2, -0.15) is 0 Å². The second-order valence-electron chi connectivity index (χ2n) is 9.53. The van der Waals surface area contributed by atoms with Crippen LogP contribution >= 0.6 is 11.3 Å². The molecule has 12 nitrogen and oxygen atoms in total. The van der Waals surface area contributed by atoms with Gasteiger partial charge >= 0.3 is 5.97 Å². The fourth-order valence-electron chi connectivity index (χ4n) is 4.84. The minimum Gasteiger partial charge on any atom is -0.493 e. The molecule has 44 heavy (non-hydrogen) atoms. The predicted molar refractivity (Wildman–Crippen MR) is 162 cm³/mol. The van der Waals surface area contributed by atoms with Gasteiger partial charge in [-0.15, -0.1) is 0 Å². The number of furan rings is 1. The van der Waals surface area contributed by atoms with Gasteiger partial charge in [0, 0.05) is 36.4 Å². The Bertz CT molecular complexity index is 1920. The van der Waals surface area contributed by atoms with Crippen LogP contribution in [0.1, 0.15) is 31.2 Å². The number of allylic oxidation sites excluding steroid dienone is 1. The van der Waals surface area contributed by atoms with E-state index >= 15 is 0 Å². The highest BCUT2D eigenvalue weighted by Crippen LogP contribution is 2.40. The van der Waals surface area contributed by atoms with Gasteiger partial charge in [-0.25, -0.2) is 9.79 Å². The van der Waals surface area contributed by atoms with Crippen molar-refractivity contribution in [1.29, 1.82) is 0 Å². The van der Waals surface area contributed by atoms with Crippen LogP contribution in [-0.2, 0) is 14.3 Å². The monoisotopic (exact) mass is 619 g/mol. The summed E-state index contributed by atoms with van der Waals surface area (Å²) in [4.78, 5) is 43.0. The Morgan fingerprint density at radius 3 is 2.59 bits per heavy atom. The van der Waals surface area contributed by atoms with E-state index in [1.807, 2.05) is 6.92 Å². The molecule has 0 aliphatic carbocycles. The predicted octanol–water partition coefficient (Wildman–Crippen LogP) is 4.00. The molecule has 0 saturated carbocycles. The molecule has 13 heteroatoms. The van der Waals surface area contributed by atoms with Crippen molar-refractivity contribution in [2.75, 3.05) is 34.0 Å². The van der Waals surface area contributed by atoms with Gasteiger partial charge < -0.3 is 23.4 Å². The van der Waals surface area contributed by atoms with Crippen LogP contribution in [0.2, 0.25) is 0 Å². The van der Waals surface area contributed by atoms with Crippen molar-refractivity contribution >= 4 is 29.1 Å². The normalized spacial score (nSPS) is 14.6. The van der Waals surface area contributed by atoms with Gasteiger partial charge in [-0.05, 0) is 44.2 Å². The van der Waals surface area contributed by atoms with Crippen LogP contribution in [0, 0.1) is 10.1 Å². The Morgan fingerprint density at radius 1 is 1.14 bits per heavy atom. The van der Waals surface area contributed by atoms with E-state index in [0.717, 1.165) is 11.3 Å². The molecule has 1 atom stereocenters. The molecule has 0 radical (unpaired) electrons. The number of carbonyl (C=O) groups excluding carboxylic acids is 1. The van der Waals surface area contributed by atoms with E-state index in [4.69, 9.17) is 23.4 Å². The molecule has 0 unspecified atom stereocenters. The van der Waals surface area contributed by atoms with Gasteiger partial charge in [0.05, 0.1) is 41.0 Å². The second-order valence-corrected chi connectivity index (χ2v) is 10.5. The third kappa shape index (κ3) is 5.92. The zero-order valence-corrected chi connectivity index (χ0v) is 25.2. The number of methoxy groups -OCH3 is 2. The third-order valence-electron chi connectivity index (χ3n) is 6.84. The fourth-order valence-corrected chi connectivity index (χ4v) is 5.87. The molecule has 3 heterocycles. The largest absolute Gasteiger partial charge is 0.493 e. The Kier molecular flexibility index (Phi) is 9.07. The number of hydrogen-bond donors (Lipinski definition) is 0. The average molecular weight is 620 g/mol. The third-order valence-corrected chi connectivity index (χ3v) is 7.82. The SMILES string of the molecule is CCOc1c(OC)cccc1[C@@H]1C(C(=O)OCCOC)=C(C)N=c2s/c(=C/c3ccc(-c4ccc([N+](=O)[O-])cc4)o3)c(=O)n21. The highest BCUT2D eigenvalue weighted by molar-refractivity contribution is 7.07. The van der Waals surface area contributed by atoms with E-state index in [1.54, 1.807) is 55.5 Å². The van der Waals surface area contributed by atoms with Crippen molar-refractivity contribution in [2.45, 2.75) is 19.9 Å². The summed E-state index contributed by atoms with van der Waals surface area (Å²) in [7, 11) is 3.02. The summed E-state index contributed by atoms with van der Waals surface area (Å²) >= 11 is 1.15. The van der Waals surface area contributed by atoms with Gasteiger partial charge in [0.25, 0.3) is 11.2 Å². The van der Waals surface area contributed by atoms with Gasteiger partial charge in [-0.1, -0.05) is 23.5 Å². The minimum absolute atomic E-state index is 0.0231. The molecule has 0 N–H and O–H groups in total. The smallest absolute Gasteiger partial charge is 0.338 e. The van der Waals surface area contributed by atoms with Crippen molar-refractivity contribution in [3.8, 4) is 22.8 Å². The number of thiazole rings is 1. The highest BCUT2D eigenvalue weighted by Gasteiger charge is 2.36. The number of esters is 1. The van der Waals surface area contributed by atoms with E-state index in [-0.39, 0.29) is 24.5 Å². The number of non-ortho nitro benzene ring substituents is 1. The summed E-state index contributed by atoms with van der Waals surface area (Å²) in [6, 6.07) is 13.7. The van der Waals surface area contributed by atoms with Crippen LogP contribution in [-0.4, -0.2) is 49.5 Å². The lowest BCUT2D eigenvalue weighted by atomic mass is 9.94. The molecule has 2 aromatic carbocycles. The Hall–Kier alpha value is -5.01. The first-order valence-electron chi connectivity index (χ1n) is 13.6. The molecule has 2 aromatic heterocycles. The molecule has 1 aliphatic rings. The highest BCUT2D eigenvalue weighted by atomic mass is 32.1. The van der Waals surface area contributed by atoms with E-state index in [0.29, 0.717) is 55.8 Å². The number of para-hydroxylation sites is 1. The first-order valence-corrected chi connectivity index (χ1v) is 14.4. The van der Waals surface area contributed by atoms with Gasteiger partial charge in [0.15, 0.2) is 16.3 Å². The first kappa shape index (κ1) is 30.4. The number of benzene rings is 2. The maximum absolute atomic E-state index is 14.0. The standard InChI is InChI=1S/C31H29N3O9S/c1-5-41-28-22(7-6-8-24(28)40-4)27-26(30(36)42-16-15-39-3)18(2)32-31-33(27)29(35)25(44-31)17-21-13-14-23(43-21)19-9-11-20(12-10-19)34(37)38/h6-14,17,27H,5,15-16H2,1-4H3/b25-17+/t27-/m1/s1. The number of nitro benzene ring substituents is 1. The number of rotatable bonds is 11. The van der Waals surface area contributed by atoms with Crippen LogP contribution < -0.4 is 24.4 Å². The van der Waals surface area contributed by atoms with Crippen LogP contribution in [0.15, 0.2) is 80.1 Å². The van der Waals surface area contributed by atoms with Crippen LogP contribution in [0.5, 0.6) is 11.5 Å². The van der Waals surface area contributed by atoms with Crippen molar-refractivity contribution < 1.29 is 33.1 Å². The lowest BCUT2D eigenvalue weighted by Crippen LogP contribution is -2.40. The number of aromatic nitrogens is 1. The Morgan fingerprint density at radius 2 is 1.91 bits per heavy atom. The maximum Gasteiger partial charge on any atom is 0.338 e.